The first kappa shape index (κ1) is 11.6. The standard InChI is InChI=1S/C9H6F3N3OS/c10-9(11,12)6-3-5(13)1-2-7(6)16-8-14-4-15-17-8/h1-4H,13H2. The minimum atomic E-state index is -4.53. The fourth-order valence-electron chi connectivity index (χ4n) is 1.16. The number of benzene rings is 1. The molecule has 1 aromatic heterocycles. The second kappa shape index (κ2) is 4.21. The van der Waals surface area contributed by atoms with Crippen LogP contribution >= 0.6 is 11.5 Å². The number of hydrogen-bond acceptors (Lipinski definition) is 5. The molecule has 2 rings (SSSR count). The Morgan fingerprint density at radius 2 is 2.06 bits per heavy atom. The smallest absolute Gasteiger partial charge is 0.420 e. The van der Waals surface area contributed by atoms with Gasteiger partial charge < -0.3 is 10.5 Å². The number of alkyl halides is 3. The van der Waals surface area contributed by atoms with Gasteiger partial charge in [0.2, 0.25) is 0 Å². The lowest BCUT2D eigenvalue weighted by atomic mass is 10.1. The van der Waals surface area contributed by atoms with Crippen molar-refractivity contribution < 1.29 is 17.9 Å². The molecule has 0 aliphatic carbocycles. The Balaban J connectivity index is 2.40. The van der Waals surface area contributed by atoms with Gasteiger partial charge in [-0.05, 0) is 18.2 Å². The van der Waals surface area contributed by atoms with E-state index in [1.54, 1.807) is 0 Å². The quantitative estimate of drug-likeness (QED) is 0.844. The number of nitrogens with zero attached hydrogens (tertiary/aromatic N) is 2. The molecule has 1 aromatic carbocycles. The van der Waals surface area contributed by atoms with Crippen LogP contribution in [-0.2, 0) is 6.18 Å². The zero-order chi connectivity index (χ0) is 12.5. The van der Waals surface area contributed by atoms with E-state index in [1.165, 1.54) is 12.4 Å². The zero-order valence-electron chi connectivity index (χ0n) is 8.23. The summed E-state index contributed by atoms with van der Waals surface area (Å²) in [4.78, 5) is 3.64. The second-order valence-corrected chi connectivity index (χ2v) is 3.81. The largest absolute Gasteiger partial charge is 0.429 e. The Morgan fingerprint density at radius 1 is 1.29 bits per heavy atom. The first-order chi connectivity index (χ1) is 7.97. The van der Waals surface area contributed by atoms with E-state index in [9.17, 15) is 13.2 Å². The molecule has 8 heteroatoms. The van der Waals surface area contributed by atoms with Crippen LogP contribution < -0.4 is 10.5 Å². The van der Waals surface area contributed by atoms with Gasteiger partial charge in [0.15, 0.2) is 0 Å². The van der Waals surface area contributed by atoms with Crippen LogP contribution in [0.1, 0.15) is 5.56 Å². The lowest BCUT2D eigenvalue weighted by Crippen LogP contribution is -2.07. The summed E-state index contributed by atoms with van der Waals surface area (Å²) in [5.41, 5.74) is 4.40. The minimum absolute atomic E-state index is 0.0157. The van der Waals surface area contributed by atoms with E-state index in [-0.39, 0.29) is 16.6 Å². The van der Waals surface area contributed by atoms with Crippen molar-refractivity contribution in [2.45, 2.75) is 6.18 Å². The number of rotatable bonds is 2. The Labute approximate surface area is 98.0 Å². The van der Waals surface area contributed by atoms with E-state index < -0.39 is 11.7 Å². The molecular weight excluding hydrogens is 255 g/mol. The van der Waals surface area contributed by atoms with Gasteiger partial charge in [-0.15, -0.1) is 0 Å². The third-order valence-corrected chi connectivity index (χ3v) is 2.39. The van der Waals surface area contributed by atoms with Crippen molar-refractivity contribution in [3.8, 4) is 10.9 Å². The first-order valence-corrected chi connectivity index (χ1v) is 5.15. The molecule has 1 heterocycles. The van der Waals surface area contributed by atoms with Crippen molar-refractivity contribution in [1.29, 1.82) is 0 Å². The summed E-state index contributed by atoms with van der Waals surface area (Å²) in [5.74, 6) is -0.344. The molecule has 2 N–H and O–H groups in total. The molecule has 0 aliphatic heterocycles. The molecule has 0 bridgehead atoms. The lowest BCUT2D eigenvalue weighted by Gasteiger charge is -2.12. The Morgan fingerprint density at radius 3 is 2.65 bits per heavy atom. The summed E-state index contributed by atoms with van der Waals surface area (Å²) in [6, 6.07) is 3.29. The van der Waals surface area contributed by atoms with Crippen LogP contribution in [0, 0.1) is 0 Å². The van der Waals surface area contributed by atoms with E-state index >= 15 is 0 Å². The van der Waals surface area contributed by atoms with Gasteiger partial charge in [0.1, 0.15) is 17.6 Å². The Kier molecular flexibility index (Phi) is 2.88. The van der Waals surface area contributed by atoms with Gasteiger partial charge in [-0.25, -0.2) is 0 Å². The summed E-state index contributed by atoms with van der Waals surface area (Å²) in [6.07, 6.45) is -3.33. The number of halogens is 3. The summed E-state index contributed by atoms with van der Waals surface area (Å²) < 4.78 is 46.7. The molecule has 0 spiro atoms. The van der Waals surface area contributed by atoms with Gasteiger partial charge in [0, 0.05) is 17.2 Å². The van der Waals surface area contributed by atoms with Crippen molar-refractivity contribution in [2.24, 2.45) is 0 Å². The van der Waals surface area contributed by atoms with Crippen LogP contribution in [-0.4, -0.2) is 9.36 Å². The van der Waals surface area contributed by atoms with Crippen molar-refractivity contribution in [1.82, 2.24) is 9.36 Å². The number of hydrogen-bond donors (Lipinski definition) is 1. The highest BCUT2D eigenvalue weighted by atomic mass is 32.1. The summed E-state index contributed by atoms with van der Waals surface area (Å²) in [6.45, 7) is 0. The highest BCUT2D eigenvalue weighted by molar-refractivity contribution is 7.07. The van der Waals surface area contributed by atoms with Crippen LogP contribution in [0.4, 0.5) is 18.9 Å². The zero-order valence-corrected chi connectivity index (χ0v) is 9.05. The van der Waals surface area contributed by atoms with Crippen molar-refractivity contribution in [2.75, 3.05) is 5.73 Å². The van der Waals surface area contributed by atoms with Crippen molar-refractivity contribution in [3.05, 3.63) is 30.1 Å². The predicted octanol–water partition coefficient (Wildman–Crippen LogP) is 2.93. The Bertz CT molecular complexity index is 513. The molecule has 0 fully saturated rings. The van der Waals surface area contributed by atoms with E-state index in [2.05, 4.69) is 9.36 Å². The molecule has 17 heavy (non-hydrogen) atoms. The van der Waals surface area contributed by atoms with Crippen LogP contribution in [0.2, 0.25) is 0 Å². The van der Waals surface area contributed by atoms with Gasteiger partial charge in [0.05, 0.1) is 0 Å². The average Bonchev–Trinajstić information content (AvgIpc) is 2.72. The maximum atomic E-state index is 12.7. The summed E-state index contributed by atoms with van der Waals surface area (Å²) >= 11 is 0.859. The molecule has 0 saturated heterocycles. The van der Waals surface area contributed by atoms with E-state index in [1.807, 2.05) is 0 Å². The van der Waals surface area contributed by atoms with Crippen LogP contribution in [0.15, 0.2) is 24.5 Å². The maximum Gasteiger partial charge on any atom is 0.420 e. The number of nitrogen functional groups attached to an aromatic ring is 1. The molecule has 0 amide bonds. The van der Waals surface area contributed by atoms with Crippen LogP contribution in [0.5, 0.6) is 10.9 Å². The van der Waals surface area contributed by atoms with Crippen molar-refractivity contribution in [3.63, 3.8) is 0 Å². The van der Waals surface area contributed by atoms with Gasteiger partial charge >= 0.3 is 6.18 Å². The van der Waals surface area contributed by atoms with Gasteiger partial charge in [-0.1, -0.05) is 0 Å². The highest BCUT2D eigenvalue weighted by Crippen LogP contribution is 2.39. The van der Waals surface area contributed by atoms with E-state index in [0.29, 0.717) is 0 Å². The SMILES string of the molecule is Nc1ccc(Oc2ncns2)c(C(F)(F)F)c1. The third kappa shape index (κ3) is 2.64. The topological polar surface area (TPSA) is 61.0 Å². The molecule has 0 atom stereocenters. The number of ether oxygens (including phenoxy) is 1. The third-order valence-electron chi connectivity index (χ3n) is 1.85. The molecule has 4 nitrogen and oxygen atoms in total. The summed E-state index contributed by atoms with van der Waals surface area (Å²) in [7, 11) is 0. The predicted molar refractivity (Wildman–Crippen MR) is 55.8 cm³/mol. The molecule has 90 valence electrons. The second-order valence-electron chi connectivity index (χ2n) is 3.06. The average molecular weight is 261 g/mol. The molecule has 0 saturated carbocycles. The number of aromatic nitrogens is 2. The Hall–Kier alpha value is -1.83. The first-order valence-electron chi connectivity index (χ1n) is 4.38. The fourth-order valence-corrected chi connectivity index (χ4v) is 1.57. The molecular formula is C9H6F3N3OS. The minimum Gasteiger partial charge on any atom is -0.429 e. The van der Waals surface area contributed by atoms with Crippen LogP contribution in [0.3, 0.4) is 0 Å². The molecule has 2 aromatic rings. The van der Waals surface area contributed by atoms with Gasteiger partial charge in [-0.3, -0.25) is 0 Å². The van der Waals surface area contributed by atoms with Gasteiger partial charge in [-0.2, -0.15) is 22.5 Å². The van der Waals surface area contributed by atoms with E-state index in [0.717, 1.165) is 23.7 Å². The normalized spacial score (nSPS) is 11.5. The van der Waals surface area contributed by atoms with Crippen molar-refractivity contribution >= 4 is 17.2 Å². The van der Waals surface area contributed by atoms with E-state index in [4.69, 9.17) is 10.5 Å². The van der Waals surface area contributed by atoms with Crippen LogP contribution in [0.25, 0.3) is 0 Å². The number of nitrogens with two attached hydrogens (primary N) is 1. The molecule has 0 aliphatic rings. The lowest BCUT2D eigenvalue weighted by molar-refractivity contribution is -0.138. The maximum absolute atomic E-state index is 12.7. The fraction of sp³-hybridized carbons (Fsp3) is 0.111. The van der Waals surface area contributed by atoms with Gasteiger partial charge in [0.25, 0.3) is 5.19 Å². The monoisotopic (exact) mass is 261 g/mol. The molecule has 0 radical (unpaired) electrons. The molecule has 0 unspecified atom stereocenters. The summed E-state index contributed by atoms with van der Waals surface area (Å²) in [5, 5.41) is 0.0419. The highest BCUT2D eigenvalue weighted by Gasteiger charge is 2.35. The number of anilines is 1.